The largest absolute Gasteiger partial charge is 0.481 e. The van der Waals surface area contributed by atoms with Crippen molar-refractivity contribution in [2.75, 3.05) is 0 Å². The lowest BCUT2D eigenvalue weighted by molar-refractivity contribution is -0.138. The molecule has 18 heavy (non-hydrogen) atoms. The standard InChI is InChI=1S/C14H14N2O2/c1-10-4-6-11(7-5-10)9-12(14(17)18)13-3-2-8-15-16-13/h2-8,12H,9H2,1H3,(H,17,18). The van der Waals surface area contributed by atoms with E-state index in [2.05, 4.69) is 10.2 Å². The molecular formula is C14H14N2O2. The fourth-order valence-electron chi connectivity index (χ4n) is 1.78. The molecule has 1 aromatic carbocycles. The van der Waals surface area contributed by atoms with E-state index in [1.54, 1.807) is 12.1 Å². The van der Waals surface area contributed by atoms with Gasteiger partial charge in [-0.25, -0.2) is 0 Å². The zero-order valence-corrected chi connectivity index (χ0v) is 10.1. The Kier molecular flexibility index (Phi) is 3.67. The first-order valence-corrected chi connectivity index (χ1v) is 5.73. The number of aromatic nitrogens is 2. The number of rotatable bonds is 4. The molecule has 2 rings (SSSR count). The molecule has 0 aliphatic rings. The number of aryl methyl sites for hydroxylation is 1. The Morgan fingerprint density at radius 1 is 1.28 bits per heavy atom. The number of benzene rings is 1. The minimum Gasteiger partial charge on any atom is -0.481 e. The number of carboxylic acid groups (broad SMARTS) is 1. The maximum atomic E-state index is 11.3. The summed E-state index contributed by atoms with van der Waals surface area (Å²) in [7, 11) is 0. The van der Waals surface area contributed by atoms with Crippen LogP contribution < -0.4 is 0 Å². The van der Waals surface area contributed by atoms with Gasteiger partial charge in [0.25, 0.3) is 0 Å². The van der Waals surface area contributed by atoms with Crippen LogP contribution in [-0.4, -0.2) is 21.3 Å². The Morgan fingerprint density at radius 2 is 2.00 bits per heavy atom. The molecule has 0 bridgehead atoms. The van der Waals surface area contributed by atoms with Gasteiger partial charge in [-0.1, -0.05) is 29.8 Å². The Balaban J connectivity index is 2.22. The summed E-state index contributed by atoms with van der Waals surface area (Å²) in [6.07, 6.45) is 1.96. The van der Waals surface area contributed by atoms with Crippen LogP contribution in [0.15, 0.2) is 42.6 Å². The van der Waals surface area contributed by atoms with Crippen LogP contribution in [0.3, 0.4) is 0 Å². The van der Waals surface area contributed by atoms with Crippen LogP contribution in [0.1, 0.15) is 22.7 Å². The van der Waals surface area contributed by atoms with E-state index in [4.69, 9.17) is 0 Å². The number of hydrogen-bond acceptors (Lipinski definition) is 3. The van der Waals surface area contributed by atoms with Crippen molar-refractivity contribution in [3.8, 4) is 0 Å². The molecule has 0 aliphatic heterocycles. The predicted molar refractivity (Wildman–Crippen MR) is 67.3 cm³/mol. The Morgan fingerprint density at radius 3 is 2.56 bits per heavy atom. The summed E-state index contributed by atoms with van der Waals surface area (Å²) in [5.74, 6) is -1.53. The van der Waals surface area contributed by atoms with E-state index in [-0.39, 0.29) is 0 Å². The van der Waals surface area contributed by atoms with Crippen molar-refractivity contribution in [3.05, 3.63) is 59.4 Å². The van der Waals surface area contributed by atoms with Crippen LogP contribution >= 0.6 is 0 Å². The van der Waals surface area contributed by atoms with E-state index in [0.29, 0.717) is 12.1 Å². The third-order valence-corrected chi connectivity index (χ3v) is 2.81. The number of aliphatic carboxylic acids is 1. The second-order valence-electron chi connectivity index (χ2n) is 4.23. The third-order valence-electron chi connectivity index (χ3n) is 2.81. The molecule has 1 atom stereocenters. The highest BCUT2D eigenvalue weighted by Crippen LogP contribution is 2.19. The smallest absolute Gasteiger partial charge is 0.313 e. The van der Waals surface area contributed by atoms with Crippen LogP contribution in [0.2, 0.25) is 0 Å². The van der Waals surface area contributed by atoms with Crippen molar-refractivity contribution < 1.29 is 9.90 Å². The topological polar surface area (TPSA) is 63.1 Å². The van der Waals surface area contributed by atoms with Crippen LogP contribution in [0.4, 0.5) is 0 Å². The number of hydrogen-bond donors (Lipinski definition) is 1. The number of nitrogens with zero attached hydrogens (tertiary/aromatic N) is 2. The molecule has 0 fully saturated rings. The number of carboxylic acids is 1. The molecular weight excluding hydrogens is 228 g/mol. The predicted octanol–water partition coefficient (Wildman–Crippen LogP) is 2.20. The van der Waals surface area contributed by atoms with Crippen LogP contribution in [-0.2, 0) is 11.2 Å². The summed E-state index contributed by atoms with van der Waals surface area (Å²) in [5, 5.41) is 16.9. The van der Waals surface area contributed by atoms with Crippen molar-refractivity contribution in [2.24, 2.45) is 0 Å². The van der Waals surface area contributed by atoms with Gasteiger partial charge >= 0.3 is 5.97 Å². The maximum absolute atomic E-state index is 11.3. The zero-order valence-electron chi connectivity index (χ0n) is 10.1. The molecule has 2 aromatic rings. The molecule has 0 amide bonds. The van der Waals surface area contributed by atoms with Gasteiger partial charge in [-0.3, -0.25) is 4.79 Å². The van der Waals surface area contributed by atoms with E-state index in [0.717, 1.165) is 11.1 Å². The molecule has 0 spiro atoms. The highest BCUT2D eigenvalue weighted by Gasteiger charge is 2.21. The summed E-state index contributed by atoms with van der Waals surface area (Å²) in [5.41, 5.74) is 2.63. The van der Waals surface area contributed by atoms with E-state index in [9.17, 15) is 9.90 Å². The summed E-state index contributed by atoms with van der Waals surface area (Å²) >= 11 is 0. The fraction of sp³-hybridized carbons (Fsp3) is 0.214. The summed E-state index contributed by atoms with van der Waals surface area (Å²) in [4.78, 5) is 11.3. The van der Waals surface area contributed by atoms with E-state index < -0.39 is 11.9 Å². The lowest BCUT2D eigenvalue weighted by Crippen LogP contribution is -2.16. The highest BCUT2D eigenvalue weighted by molar-refractivity contribution is 5.75. The summed E-state index contributed by atoms with van der Waals surface area (Å²) in [6.45, 7) is 2.00. The molecule has 4 heteroatoms. The Hall–Kier alpha value is -2.23. The maximum Gasteiger partial charge on any atom is 0.313 e. The van der Waals surface area contributed by atoms with Crippen molar-refractivity contribution in [1.82, 2.24) is 10.2 Å². The average molecular weight is 242 g/mol. The summed E-state index contributed by atoms with van der Waals surface area (Å²) in [6, 6.07) is 11.2. The zero-order chi connectivity index (χ0) is 13.0. The van der Waals surface area contributed by atoms with Crippen molar-refractivity contribution in [3.63, 3.8) is 0 Å². The summed E-state index contributed by atoms with van der Waals surface area (Å²) < 4.78 is 0. The van der Waals surface area contributed by atoms with Crippen molar-refractivity contribution in [1.29, 1.82) is 0 Å². The normalized spacial score (nSPS) is 12.1. The molecule has 1 heterocycles. The van der Waals surface area contributed by atoms with Gasteiger partial charge in [0.05, 0.1) is 5.69 Å². The van der Waals surface area contributed by atoms with Crippen molar-refractivity contribution in [2.45, 2.75) is 19.3 Å². The molecule has 92 valence electrons. The fourth-order valence-corrected chi connectivity index (χ4v) is 1.78. The molecule has 1 aromatic heterocycles. The van der Waals surface area contributed by atoms with Gasteiger partial charge in [-0.2, -0.15) is 10.2 Å². The van der Waals surface area contributed by atoms with E-state index in [1.807, 2.05) is 31.2 Å². The third kappa shape index (κ3) is 2.91. The lowest BCUT2D eigenvalue weighted by Gasteiger charge is -2.11. The van der Waals surface area contributed by atoms with Gasteiger partial charge in [0.2, 0.25) is 0 Å². The Labute approximate surface area is 105 Å². The molecule has 0 saturated heterocycles. The van der Waals surface area contributed by atoms with Gasteiger partial charge < -0.3 is 5.11 Å². The first kappa shape index (κ1) is 12.2. The monoisotopic (exact) mass is 242 g/mol. The molecule has 0 aliphatic carbocycles. The van der Waals surface area contributed by atoms with E-state index >= 15 is 0 Å². The van der Waals surface area contributed by atoms with Crippen molar-refractivity contribution >= 4 is 5.97 Å². The van der Waals surface area contributed by atoms with E-state index in [1.165, 1.54) is 6.20 Å². The van der Waals surface area contributed by atoms with Gasteiger partial charge in [-0.05, 0) is 31.0 Å². The molecule has 4 nitrogen and oxygen atoms in total. The SMILES string of the molecule is Cc1ccc(CC(C(=O)O)c2cccnn2)cc1. The van der Waals surface area contributed by atoms with Gasteiger partial charge in [-0.15, -0.1) is 0 Å². The van der Waals surface area contributed by atoms with Crippen LogP contribution in [0.25, 0.3) is 0 Å². The number of carbonyl (C=O) groups is 1. The molecule has 0 saturated carbocycles. The first-order chi connectivity index (χ1) is 8.66. The molecule has 1 unspecified atom stereocenters. The van der Waals surface area contributed by atoms with Crippen LogP contribution in [0.5, 0.6) is 0 Å². The lowest BCUT2D eigenvalue weighted by atomic mass is 9.95. The molecule has 1 N–H and O–H groups in total. The highest BCUT2D eigenvalue weighted by atomic mass is 16.4. The quantitative estimate of drug-likeness (QED) is 0.892. The average Bonchev–Trinajstić information content (AvgIpc) is 2.38. The minimum atomic E-state index is -0.879. The van der Waals surface area contributed by atoms with Gasteiger partial charge in [0.1, 0.15) is 5.92 Å². The van der Waals surface area contributed by atoms with Gasteiger partial charge in [0, 0.05) is 6.20 Å². The Bertz CT molecular complexity index is 523. The van der Waals surface area contributed by atoms with Crippen LogP contribution in [0, 0.1) is 6.92 Å². The second-order valence-corrected chi connectivity index (χ2v) is 4.23. The first-order valence-electron chi connectivity index (χ1n) is 5.73. The minimum absolute atomic E-state index is 0.425. The van der Waals surface area contributed by atoms with Gasteiger partial charge in [0.15, 0.2) is 0 Å². The second kappa shape index (κ2) is 5.40. The molecule has 0 radical (unpaired) electrons.